The molecule has 1 aliphatic heterocycles. The molecule has 1 heterocycles. The maximum absolute atomic E-state index is 5.82. The first-order chi connectivity index (χ1) is 4.72. The summed E-state index contributed by atoms with van der Waals surface area (Å²) in [6.07, 6.45) is 3.99. The predicted molar refractivity (Wildman–Crippen MR) is 43.9 cm³/mol. The van der Waals surface area contributed by atoms with Crippen LogP contribution in [-0.4, -0.2) is 30.6 Å². The van der Waals surface area contributed by atoms with Crippen molar-refractivity contribution in [2.24, 2.45) is 5.73 Å². The van der Waals surface area contributed by atoms with Gasteiger partial charge in [-0.05, 0) is 33.4 Å². The lowest BCUT2D eigenvalue weighted by atomic mass is 9.98. The van der Waals surface area contributed by atoms with Crippen LogP contribution in [-0.2, 0) is 0 Å². The molecule has 0 radical (unpaired) electrons. The third-order valence-electron chi connectivity index (χ3n) is 2.43. The number of nitrogens with two attached hydrogens (primary N) is 1. The average molecular weight is 142 g/mol. The van der Waals surface area contributed by atoms with Gasteiger partial charge in [-0.15, -0.1) is 0 Å². The Bertz CT molecular complexity index is 101. The van der Waals surface area contributed by atoms with Gasteiger partial charge in [-0.2, -0.15) is 0 Å². The normalized spacial score (nSPS) is 32.1. The Kier molecular flexibility index (Phi) is 2.69. The van der Waals surface area contributed by atoms with Gasteiger partial charge in [0.1, 0.15) is 0 Å². The summed E-state index contributed by atoms with van der Waals surface area (Å²) in [7, 11) is 2.17. The van der Waals surface area contributed by atoms with Gasteiger partial charge >= 0.3 is 0 Å². The molecule has 60 valence electrons. The number of hydrogen-bond acceptors (Lipinski definition) is 2. The van der Waals surface area contributed by atoms with Crippen LogP contribution < -0.4 is 5.73 Å². The quantitative estimate of drug-likeness (QED) is 0.587. The van der Waals surface area contributed by atoms with Gasteiger partial charge in [0.2, 0.25) is 0 Å². The lowest BCUT2D eigenvalue weighted by Gasteiger charge is -2.34. The van der Waals surface area contributed by atoms with Crippen LogP contribution in [0.25, 0.3) is 0 Å². The van der Waals surface area contributed by atoms with Crippen LogP contribution in [0.2, 0.25) is 0 Å². The summed E-state index contributed by atoms with van der Waals surface area (Å²) in [5.74, 6) is 0. The zero-order valence-corrected chi connectivity index (χ0v) is 7.01. The van der Waals surface area contributed by atoms with Crippen molar-refractivity contribution in [3.63, 3.8) is 0 Å². The molecular weight excluding hydrogens is 124 g/mol. The van der Waals surface area contributed by atoms with Crippen molar-refractivity contribution in [2.45, 2.75) is 38.3 Å². The van der Waals surface area contributed by atoms with Crippen molar-refractivity contribution in [3.8, 4) is 0 Å². The number of rotatable bonds is 1. The van der Waals surface area contributed by atoms with Crippen LogP contribution in [0.15, 0.2) is 0 Å². The predicted octanol–water partition coefficient (Wildman–Crippen LogP) is 0.818. The van der Waals surface area contributed by atoms with E-state index in [1.54, 1.807) is 0 Å². The molecule has 2 atom stereocenters. The van der Waals surface area contributed by atoms with Crippen LogP contribution in [0.4, 0.5) is 0 Å². The minimum atomic E-state index is 0.338. The van der Waals surface area contributed by atoms with E-state index in [9.17, 15) is 0 Å². The number of likely N-dealkylation sites (N-methyl/N-ethyl adjacent to an activating group) is 1. The molecule has 2 heteroatoms. The van der Waals surface area contributed by atoms with Crippen molar-refractivity contribution < 1.29 is 0 Å². The third-order valence-corrected chi connectivity index (χ3v) is 2.43. The number of likely N-dealkylation sites (tertiary alicyclic amines) is 1. The fourth-order valence-corrected chi connectivity index (χ4v) is 1.77. The molecule has 0 aromatic rings. The molecule has 2 N–H and O–H groups in total. The second-order valence-corrected chi connectivity index (χ2v) is 3.40. The van der Waals surface area contributed by atoms with Crippen molar-refractivity contribution in [3.05, 3.63) is 0 Å². The Balaban J connectivity index is 2.40. The van der Waals surface area contributed by atoms with E-state index >= 15 is 0 Å². The highest BCUT2D eigenvalue weighted by Crippen LogP contribution is 2.16. The summed E-state index contributed by atoms with van der Waals surface area (Å²) in [6, 6.07) is 0.971. The van der Waals surface area contributed by atoms with Gasteiger partial charge < -0.3 is 10.6 Å². The Morgan fingerprint density at radius 1 is 1.50 bits per heavy atom. The molecule has 0 aliphatic carbocycles. The number of hydrogen-bond donors (Lipinski definition) is 1. The molecule has 0 spiro atoms. The van der Waals surface area contributed by atoms with Crippen molar-refractivity contribution in [2.75, 3.05) is 13.6 Å². The van der Waals surface area contributed by atoms with Gasteiger partial charge in [-0.1, -0.05) is 6.42 Å². The van der Waals surface area contributed by atoms with Crippen molar-refractivity contribution >= 4 is 0 Å². The molecule has 2 nitrogen and oxygen atoms in total. The van der Waals surface area contributed by atoms with E-state index in [0.29, 0.717) is 12.1 Å². The number of piperidine rings is 1. The summed E-state index contributed by atoms with van der Waals surface area (Å²) < 4.78 is 0. The Morgan fingerprint density at radius 2 is 2.20 bits per heavy atom. The first-order valence-electron chi connectivity index (χ1n) is 4.17. The van der Waals surface area contributed by atoms with Crippen LogP contribution in [0.1, 0.15) is 26.2 Å². The fourth-order valence-electron chi connectivity index (χ4n) is 1.77. The summed E-state index contributed by atoms with van der Waals surface area (Å²) in [4.78, 5) is 2.38. The molecular formula is C8H18N2. The highest BCUT2D eigenvalue weighted by Gasteiger charge is 2.21. The molecule has 0 amide bonds. The highest BCUT2D eigenvalue weighted by molar-refractivity contribution is 4.80. The zero-order chi connectivity index (χ0) is 7.56. The topological polar surface area (TPSA) is 29.3 Å². The Morgan fingerprint density at radius 3 is 2.60 bits per heavy atom. The molecule has 0 saturated carbocycles. The number of nitrogens with zero attached hydrogens (tertiary/aromatic N) is 1. The second-order valence-electron chi connectivity index (χ2n) is 3.40. The molecule has 1 aliphatic rings. The van der Waals surface area contributed by atoms with Crippen LogP contribution in [0.5, 0.6) is 0 Å². The largest absolute Gasteiger partial charge is 0.327 e. The van der Waals surface area contributed by atoms with E-state index in [0.717, 1.165) is 0 Å². The molecule has 0 bridgehead atoms. The molecule has 0 aromatic carbocycles. The lowest BCUT2D eigenvalue weighted by Crippen LogP contribution is -2.46. The van der Waals surface area contributed by atoms with E-state index in [2.05, 4.69) is 18.9 Å². The van der Waals surface area contributed by atoms with E-state index in [1.165, 1.54) is 25.8 Å². The van der Waals surface area contributed by atoms with Crippen LogP contribution in [0.3, 0.4) is 0 Å². The van der Waals surface area contributed by atoms with Crippen LogP contribution in [0, 0.1) is 0 Å². The smallest absolute Gasteiger partial charge is 0.0241 e. The Labute approximate surface area is 63.4 Å². The standard InChI is InChI=1S/C8H18N2/c1-7(9)8-5-3-4-6-10(8)2/h7-8H,3-6,9H2,1-2H3. The van der Waals surface area contributed by atoms with Gasteiger partial charge in [0.15, 0.2) is 0 Å². The first kappa shape index (κ1) is 8.02. The fraction of sp³-hybridized carbons (Fsp3) is 1.00. The van der Waals surface area contributed by atoms with Crippen LogP contribution >= 0.6 is 0 Å². The summed E-state index contributed by atoms with van der Waals surface area (Å²) in [5, 5.41) is 0. The minimum absolute atomic E-state index is 0.338. The van der Waals surface area contributed by atoms with E-state index in [4.69, 9.17) is 5.73 Å². The summed E-state index contributed by atoms with van der Waals surface area (Å²) in [6.45, 7) is 3.33. The molecule has 1 saturated heterocycles. The van der Waals surface area contributed by atoms with E-state index in [-0.39, 0.29) is 0 Å². The first-order valence-corrected chi connectivity index (χ1v) is 4.17. The molecule has 2 unspecified atom stereocenters. The SMILES string of the molecule is CC(N)C1CCCCN1C. The van der Waals surface area contributed by atoms with E-state index < -0.39 is 0 Å². The molecule has 1 rings (SSSR count). The average Bonchev–Trinajstić information content (AvgIpc) is 1.88. The van der Waals surface area contributed by atoms with Gasteiger partial charge in [-0.3, -0.25) is 0 Å². The maximum Gasteiger partial charge on any atom is 0.0241 e. The van der Waals surface area contributed by atoms with Crippen molar-refractivity contribution in [1.82, 2.24) is 4.90 Å². The van der Waals surface area contributed by atoms with Crippen molar-refractivity contribution in [1.29, 1.82) is 0 Å². The van der Waals surface area contributed by atoms with Gasteiger partial charge in [-0.25, -0.2) is 0 Å². The Hall–Kier alpha value is -0.0800. The lowest BCUT2D eigenvalue weighted by molar-refractivity contribution is 0.165. The molecule has 1 fully saturated rings. The monoisotopic (exact) mass is 142 g/mol. The molecule has 0 aromatic heterocycles. The van der Waals surface area contributed by atoms with E-state index in [1.807, 2.05) is 0 Å². The zero-order valence-electron chi connectivity index (χ0n) is 7.01. The summed E-state index contributed by atoms with van der Waals surface area (Å²) in [5.41, 5.74) is 5.82. The minimum Gasteiger partial charge on any atom is -0.327 e. The highest BCUT2D eigenvalue weighted by atomic mass is 15.1. The van der Waals surface area contributed by atoms with Gasteiger partial charge in [0.05, 0.1) is 0 Å². The maximum atomic E-state index is 5.82. The van der Waals surface area contributed by atoms with Gasteiger partial charge in [0, 0.05) is 12.1 Å². The van der Waals surface area contributed by atoms with Gasteiger partial charge in [0.25, 0.3) is 0 Å². The second kappa shape index (κ2) is 3.35. The molecule has 10 heavy (non-hydrogen) atoms. The summed E-state index contributed by atoms with van der Waals surface area (Å²) >= 11 is 0. The third kappa shape index (κ3) is 1.70.